The van der Waals surface area contributed by atoms with Gasteiger partial charge in [-0.05, 0) is 37.6 Å². The second-order valence-electron chi connectivity index (χ2n) is 5.52. The maximum atomic E-state index is 12.9. The first kappa shape index (κ1) is 16.6. The maximum absolute atomic E-state index is 12.9. The summed E-state index contributed by atoms with van der Waals surface area (Å²) in [4.78, 5) is 33.3. The Balaban J connectivity index is 1.92. The zero-order valence-electron chi connectivity index (χ0n) is 13.8. The van der Waals surface area contributed by atoms with Crippen LogP contribution in [0, 0.1) is 12.7 Å². The van der Waals surface area contributed by atoms with E-state index in [0.29, 0.717) is 23.6 Å². The highest BCUT2D eigenvalue weighted by Gasteiger charge is 2.17. The number of carbonyl (C=O) groups excluding carboxylic acids is 1. The van der Waals surface area contributed by atoms with Crippen LogP contribution in [-0.4, -0.2) is 25.6 Å². The van der Waals surface area contributed by atoms with E-state index in [9.17, 15) is 14.0 Å². The van der Waals surface area contributed by atoms with Crippen LogP contribution in [0.15, 0.2) is 29.1 Å². The quantitative estimate of drug-likeness (QED) is 0.676. The lowest BCUT2D eigenvalue weighted by Gasteiger charge is -2.10. The van der Waals surface area contributed by atoms with Gasteiger partial charge in [0.2, 0.25) is 0 Å². The summed E-state index contributed by atoms with van der Waals surface area (Å²) in [6.07, 6.45) is 1.27. The minimum absolute atomic E-state index is 0.0858. The molecule has 0 spiro atoms. The van der Waals surface area contributed by atoms with Crippen LogP contribution in [0.2, 0.25) is 0 Å². The van der Waals surface area contributed by atoms with Crippen molar-refractivity contribution >= 4 is 23.2 Å². The number of rotatable bonds is 4. The summed E-state index contributed by atoms with van der Waals surface area (Å²) in [6, 6.07) is 4.70. The van der Waals surface area contributed by atoms with Gasteiger partial charge < -0.3 is 10.6 Å². The first-order valence-corrected chi connectivity index (χ1v) is 7.79. The Hall–Kier alpha value is -3.23. The van der Waals surface area contributed by atoms with Gasteiger partial charge in [0, 0.05) is 5.69 Å². The molecular formula is C16H17FN6O2. The Morgan fingerprint density at radius 1 is 1.24 bits per heavy atom. The molecule has 130 valence electrons. The normalized spacial score (nSPS) is 10.8. The van der Waals surface area contributed by atoms with Gasteiger partial charge in [0.25, 0.3) is 11.3 Å². The molecule has 0 atom stereocenters. The standard InChI is InChI=1S/C16H17FN6O2/c1-3-4-12-13(14(24)23-15(20-12)18-9(2)22-23)21-16(25)19-11-7-5-10(17)6-8-11/h5-8H,3-4H2,1-2H3,(H,18,20,22)(H2,19,21,25). The summed E-state index contributed by atoms with van der Waals surface area (Å²) in [5.74, 6) is 0.397. The fourth-order valence-corrected chi connectivity index (χ4v) is 2.42. The smallest absolute Gasteiger partial charge is 0.308 e. The molecule has 0 aliphatic heterocycles. The topological polar surface area (TPSA) is 104 Å². The Bertz CT molecular complexity index is 977. The zero-order valence-corrected chi connectivity index (χ0v) is 13.8. The van der Waals surface area contributed by atoms with E-state index in [1.165, 1.54) is 28.8 Å². The number of aromatic amines is 1. The minimum Gasteiger partial charge on any atom is -0.308 e. The van der Waals surface area contributed by atoms with Gasteiger partial charge in [-0.25, -0.2) is 14.2 Å². The van der Waals surface area contributed by atoms with Crippen molar-refractivity contribution in [3.63, 3.8) is 0 Å². The number of halogens is 1. The van der Waals surface area contributed by atoms with Crippen molar-refractivity contribution in [1.82, 2.24) is 19.6 Å². The number of hydrogen-bond acceptors (Lipinski definition) is 4. The zero-order chi connectivity index (χ0) is 18.0. The van der Waals surface area contributed by atoms with Gasteiger partial charge in [-0.2, -0.15) is 9.50 Å². The van der Waals surface area contributed by atoms with Crippen LogP contribution in [-0.2, 0) is 6.42 Å². The van der Waals surface area contributed by atoms with Crippen molar-refractivity contribution in [2.45, 2.75) is 26.7 Å². The number of anilines is 2. The summed E-state index contributed by atoms with van der Waals surface area (Å²) in [7, 11) is 0. The molecule has 2 aromatic heterocycles. The predicted octanol–water partition coefficient (Wildman–Crippen LogP) is 2.46. The number of aryl methyl sites for hydroxylation is 2. The van der Waals surface area contributed by atoms with Crippen molar-refractivity contribution in [1.29, 1.82) is 0 Å². The summed E-state index contributed by atoms with van der Waals surface area (Å²) >= 11 is 0. The minimum atomic E-state index is -0.612. The van der Waals surface area contributed by atoms with E-state index in [2.05, 4.69) is 25.7 Å². The van der Waals surface area contributed by atoms with Gasteiger partial charge in [-0.15, -0.1) is 0 Å². The van der Waals surface area contributed by atoms with E-state index in [-0.39, 0.29) is 11.5 Å². The maximum Gasteiger partial charge on any atom is 0.323 e. The van der Waals surface area contributed by atoms with E-state index in [1.54, 1.807) is 6.92 Å². The Kier molecular flexibility index (Phi) is 4.46. The molecule has 0 saturated heterocycles. The molecule has 2 heterocycles. The molecule has 0 fully saturated rings. The molecule has 0 unspecified atom stereocenters. The van der Waals surface area contributed by atoms with Gasteiger partial charge in [0.05, 0.1) is 5.69 Å². The number of carbonyl (C=O) groups is 1. The lowest BCUT2D eigenvalue weighted by molar-refractivity contribution is 0.262. The SMILES string of the molecule is CCCc1nc2nc(C)[nH]n2c(=O)c1NC(=O)Nc1ccc(F)cc1. The number of aromatic nitrogens is 4. The molecular weight excluding hydrogens is 327 g/mol. The van der Waals surface area contributed by atoms with E-state index in [0.717, 1.165) is 6.42 Å². The van der Waals surface area contributed by atoms with Crippen molar-refractivity contribution in [3.8, 4) is 0 Å². The van der Waals surface area contributed by atoms with Crippen LogP contribution in [0.1, 0.15) is 24.9 Å². The van der Waals surface area contributed by atoms with Crippen LogP contribution in [0.5, 0.6) is 0 Å². The summed E-state index contributed by atoms with van der Waals surface area (Å²) in [5.41, 5.74) is 0.515. The Labute approximate surface area is 142 Å². The van der Waals surface area contributed by atoms with E-state index < -0.39 is 17.4 Å². The highest BCUT2D eigenvalue weighted by molar-refractivity contribution is 6.00. The van der Waals surface area contributed by atoms with Gasteiger partial charge in [-0.3, -0.25) is 9.89 Å². The molecule has 8 nitrogen and oxygen atoms in total. The molecule has 1 aromatic carbocycles. The van der Waals surface area contributed by atoms with Gasteiger partial charge in [0.15, 0.2) is 0 Å². The first-order valence-electron chi connectivity index (χ1n) is 7.79. The van der Waals surface area contributed by atoms with Gasteiger partial charge >= 0.3 is 6.03 Å². The number of benzene rings is 1. The molecule has 0 saturated carbocycles. The fourth-order valence-electron chi connectivity index (χ4n) is 2.42. The number of H-pyrrole nitrogens is 1. The molecule has 3 N–H and O–H groups in total. The molecule has 0 radical (unpaired) electrons. The predicted molar refractivity (Wildman–Crippen MR) is 91.4 cm³/mol. The van der Waals surface area contributed by atoms with Crippen molar-refractivity contribution < 1.29 is 9.18 Å². The largest absolute Gasteiger partial charge is 0.323 e. The molecule has 0 bridgehead atoms. The van der Waals surface area contributed by atoms with Crippen LogP contribution >= 0.6 is 0 Å². The van der Waals surface area contributed by atoms with E-state index in [4.69, 9.17) is 0 Å². The number of amides is 2. The number of nitrogens with one attached hydrogen (secondary N) is 3. The van der Waals surface area contributed by atoms with Crippen LogP contribution in [0.3, 0.4) is 0 Å². The lowest BCUT2D eigenvalue weighted by atomic mass is 10.2. The van der Waals surface area contributed by atoms with Crippen LogP contribution < -0.4 is 16.2 Å². The van der Waals surface area contributed by atoms with Crippen molar-refractivity contribution in [2.75, 3.05) is 10.6 Å². The average molecular weight is 344 g/mol. The molecule has 0 aliphatic carbocycles. The summed E-state index contributed by atoms with van der Waals surface area (Å²) < 4.78 is 14.1. The van der Waals surface area contributed by atoms with E-state index in [1.807, 2.05) is 6.92 Å². The first-order chi connectivity index (χ1) is 12.0. The van der Waals surface area contributed by atoms with Crippen LogP contribution in [0.25, 0.3) is 5.78 Å². The van der Waals surface area contributed by atoms with Crippen molar-refractivity contribution in [3.05, 3.63) is 52.0 Å². The third-order valence-corrected chi connectivity index (χ3v) is 3.51. The molecule has 9 heteroatoms. The molecule has 3 rings (SSSR count). The summed E-state index contributed by atoms with van der Waals surface area (Å²) in [6.45, 7) is 3.66. The fraction of sp³-hybridized carbons (Fsp3) is 0.250. The number of hydrogen-bond donors (Lipinski definition) is 3. The van der Waals surface area contributed by atoms with E-state index >= 15 is 0 Å². The third-order valence-electron chi connectivity index (χ3n) is 3.51. The number of nitrogens with zero attached hydrogens (tertiary/aromatic N) is 3. The average Bonchev–Trinajstić information content (AvgIpc) is 2.94. The van der Waals surface area contributed by atoms with Gasteiger partial charge in [-0.1, -0.05) is 13.3 Å². The second kappa shape index (κ2) is 6.71. The highest BCUT2D eigenvalue weighted by Crippen LogP contribution is 2.13. The molecule has 25 heavy (non-hydrogen) atoms. The summed E-state index contributed by atoms with van der Waals surface area (Å²) in [5, 5.41) is 7.87. The van der Waals surface area contributed by atoms with Crippen LogP contribution in [0.4, 0.5) is 20.6 Å². The number of fused-ring (bicyclic) bond motifs is 1. The third kappa shape index (κ3) is 3.49. The molecule has 0 aliphatic rings. The Morgan fingerprint density at radius 2 is 1.96 bits per heavy atom. The number of urea groups is 1. The van der Waals surface area contributed by atoms with Crippen molar-refractivity contribution in [2.24, 2.45) is 0 Å². The second-order valence-corrected chi connectivity index (χ2v) is 5.52. The lowest BCUT2D eigenvalue weighted by Crippen LogP contribution is -2.28. The molecule has 2 amide bonds. The molecule has 3 aromatic rings. The van der Waals surface area contributed by atoms with Gasteiger partial charge in [0.1, 0.15) is 17.3 Å². The highest BCUT2D eigenvalue weighted by atomic mass is 19.1. The Morgan fingerprint density at radius 3 is 2.64 bits per heavy atom. The monoisotopic (exact) mass is 344 g/mol.